The van der Waals surface area contributed by atoms with E-state index in [4.69, 9.17) is 10.5 Å². The standard InChI is InChI=1S/C19H19NOS.ClH/c1-14-7-10-19(22-14)17-11-16(12-20)8-9-18(17)21-13-15-5-3-2-4-6-15;/h2-11H,12-13,20H2,1H3;1H. The fourth-order valence-corrected chi connectivity index (χ4v) is 3.23. The Morgan fingerprint density at radius 1 is 0.957 bits per heavy atom. The largest absolute Gasteiger partial charge is 0.488 e. The van der Waals surface area contributed by atoms with Crippen LogP contribution in [0.4, 0.5) is 0 Å². The third-order valence-corrected chi connectivity index (χ3v) is 4.56. The van der Waals surface area contributed by atoms with Crippen LogP contribution in [0.2, 0.25) is 0 Å². The minimum atomic E-state index is 0. The van der Waals surface area contributed by atoms with Crippen molar-refractivity contribution in [3.05, 3.63) is 76.7 Å². The fraction of sp³-hybridized carbons (Fsp3) is 0.158. The number of ether oxygens (including phenoxy) is 1. The molecule has 120 valence electrons. The second-order valence-corrected chi connectivity index (χ2v) is 6.51. The van der Waals surface area contributed by atoms with Gasteiger partial charge in [-0.1, -0.05) is 36.4 Å². The summed E-state index contributed by atoms with van der Waals surface area (Å²) in [5.41, 5.74) is 9.19. The highest BCUT2D eigenvalue weighted by Crippen LogP contribution is 2.36. The van der Waals surface area contributed by atoms with Gasteiger partial charge in [-0.3, -0.25) is 0 Å². The molecule has 2 nitrogen and oxygen atoms in total. The smallest absolute Gasteiger partial charge is 0.128 e. The van der Waals surface area contributed by atoms with Gasteiger partial charge in [0.15, 0.2) is 0 Å². The molecular formula is C19H20ClNOS. The molecule has 0 aliphatic heterocycles. The van der Waals surface area contributed by atoms with E-state index in [1.165, 1.54) is 15.3 Å². The molecule has 23 heavy (non-hydrogen) atoms. The van der Waals surface area contributed by atoms with Crippen LogP contribution in [0.15, 0.2) is 60.7 Å². The van der Waals surface area contributed by atoms with E-state index < -0.39 is 0 Å². The number of hydrogen-bond donors (Lipinski definition) is 1. The van der Waals surface area contributed by atoms with Crippen molar-refractivity contribution >= 4 is 23.7 Å². The summed E-state index contributed by atoms with van der Waals surface area (Å²) in [4.78, 5) is 2.51. The van der Waals surface area contributed by atoms with Gasteiger partial charge in [0.2, 0.25) is 0 Å². The lowest BCUT2D eigenvalue weighted by Gasteiger charge is -2.12. The van der Waals surface area contributed by atoms with Crippen LogP contribution in [0, 0.1) is 6.92 Å². The van der Waals surface area contributed by atoms with E-state index >= 15 is 0 Å². The summed E-state index contributed by atoms with van der Waals surface area (Å²) in [5, 5.41) is 0. The lowest BCUT2D eigenvalue weighted by atomic mass is 10.1. The lowest BCUT2D eigenvalue weighted by Crippen LogP contribution is -1.99. The van der Waals surface area contributed by atoms with Crippen LogP contribution in [0.25, 0.3) is 10.4 Å². The van der Waals surface area contributed by atoms with Crippen molar-refractivity contribution in [2.45, 2.75) is 20.1 Å². The van der Waals surface area contributed by atoms with Crippen molar-refractivity contribution in [2.75, 3.05) is 0 Å². The van der Waals surface area contributed by atoms with Gasteiger partial charge in [0.25, 0.3) is 0 Å². The van der Waals surface area contributed by atoms with Gasteiger partial charge < -0.3 is 10.5 Å². The van der Waals surface area contributed by atoms with Crippen molar-refractivity contribution in [3.63, 3.8) is 0 Å². The van der Waals surface area contributed by atoms with E-state index in [1.54, 1.807) is 11.3 Å². The third-order valence-electron chi connectivity index (χ3n) is 3.52. The van der Waals surface area contributed by atoms with Gasteiger partial charge in [0.05, 0.1) is 0 Å². The van der Waals surface area contributed by atoms with E-state index in [2.05, 4.69) is 37.3 Å². The first-order valence-electron chi connectivity index (χ1n) is 7.33. The molecule has 0 saturated carbocycles. The molecule has 1 aromatic heterocycles. The van der Waals surface area contributed by atoms with Crippen LogP contribution in [0.1, 0.15) is 16.0 Å². The van der Waals surface area contributed by atoms with Gasteiger partial charge >= 0.3 is 0 Å². The Morgan fingerprint density at radius 3 is 2.39 bits per heavy atom. The van der Waals surface area contributed by atoms with Gasteiger partial charge in [0.1, 0.15) is 12.4 Å². The number of benzene rings is 2. The first-order chi connectivity index (χ1) is 10.8. The topological polar surface area (TPSA) is 35.2 Å². The number of rotatable bonds is 5. The zero-order valence-corrected chi connectivity index (χ0v) is 14.6. The Labute approximate surface area is 147 Å². The molecule has 2 aromatic carbocycles. The summed E-state index contributed by atoms with van der Waals surface area (Å²) < 4.78 is 6.05. The number of hydrogen-bond acceptors (Lipinski definition) is 3. The highest BCUT2D eigenvalue weighted by atomic mass is 35.5. The van der Waals surface area contributed by atoms with Crippen LogP contribution in [0.5, 0.6) is 5.75 Å². The summed E-state index contributed by atoms with van der Waals surface area (Å²) >= 11 is 1.78. The zero-order valence-electron chi connectivity index (χ0n) is 13.0. The Morgan fingerprint density at radius 2 is 1.74 bits per heavy atom. The summed E-state index contributed by atoms with van der Waals surface area (Å²) in [6.45, 7) is 3.22. The lowest BCUT2D eigenvalue weighted by molar-refractivity contribution is 0.307. The Balaban J connectivity index is 0.00000192. The van der Waals surface area contributed by atoms with Crippen molar-refractivity contribution in [1.82, 2.24) is 0 Å². The number of halogens is 1. The van der Waals surface area contributed by atoms with Gasteiger partial charge in [-0.15, -0.1) is 23.7 Å². The third kappa shape index (κ3) is 4.35. The maximum atomic E-state index is 6.05. The Bertz CT molecular complexity index is 755. The summed E-state index contributed by atoms with van der Waals surface area (Å²) in [6, 6.07) is 20.7. The normalized spacial score (nSPS) is 10.2. The summed E-state index contributed by atoms with van der Waals surface area (Å²) in [7, 11) is 0. The molecule has 0 radical (unpaired) electrons. The Hall–Kier alpha value is -1.81. The van der Waals surface area contributed by atoms with Crippen molar-refractivity contribution in [2.24, 2.45) is 5.73 Å². The molecule has 1 heterocycles. The van der Waals surface area contributed by atoms with E-state index in [1.807, 2.05) is 30.3 Å². The molecule has 0 unspecified atom stereocenters. The highest BCUT2D eigenvalue weighted by Gasteiger charge is 2.10. The molecule has 0 amide bonds. The molecule has 0 aliphatic rings. The summed E-state index contributed by atoms with van der Waals surface area (Å²) in [5.74, 6) is 0.905. The molecule has 0 spiro atoms. The van der Waals surface area contributed by atoms with Crippen molar-refractivity contribution in [1.29, 1.82) is 0 Å². The number of nitrogens with two attached hydrogens (primary N) is 1. The average Bonchev–Trinajstić information content (AvgIpc) is 3.00. The average molecular weight is 346 g/mol. The first kappa shape index (κ1) is 17.5. The first-order valence-corrected chi connectivity index (χ1v) is 8.14. The molecule has 0 saturated heterocycles. The van der Waals surface area contributed by atoms with Crippen LogP contribution >= 0.6 is 23.7 Å². The van der Waals surface area contributed by atoms with Crippen molar-refractivity contribution < 1.29 is 4.74 Å². The minimum Gasteiger partial charge on any atom is -0.488 e. The summed E-state index contributed by atoms with van der Waals surface area (Å²) in [6.07, 6.45) is 0. The second kappa shape index (κ2) is 8.16. The molecule has 4 heteroatoms. The van der Waals surface area contributed by atoms with E-state index in [9.17, 15) is 0 Å². The minimum absolute atomic E-state index is 0. The van der Waals surface area contributed by atoms with Crippen LogP contribution in [-0.2, 0) is 13.2 Å². The predicted octanol–water partition coefficient (Wildman–Crippen LogP) is 5.18. The van der Waals surface area contributed by atoms with Crippen LogP contribution in [-0.4, -0.2) is 0 Å². The number of thiophene rings is 1. The van der Waals surface area contributed by atoms with Crippen LogP contribution in [0.3, 0.4) is 0 Å². The van der Waals surface area contributed by atoms with Crippen molar-refractivity contribution in [3.8, 4) is 16.2 Å². The number of aryl methyl sites for hydroxylation is 1. The molecule has 2 N–H and O–H groups in total. The van der Waals surface area contributed by atoms with Gasteiger partial charge in [-0.05, 0) is 42.3 Å². The van der Waals surface area contributed by atoms with Crippen LogP contribution < -0.4 is 10.5 Å². The zero-order chi connectivity index (χ0) is 15.4. The van der Waals surface area contributed by atoms with Gasteiger partial charge in [-0.25, -0.2) is 0 Å². The molecule has 3 aromatic rings. The molecular weight excluding hydrogens is 326 g/mol. The molecule has 0 fully saturated rings. The van der Waals surface area contributed by atoms with E-state index in [0.29, 0.717) is 13.2 Å². The predicted molar refractivity (Wildman–Crippen MR) is 100 cm³/mol. The Kier molecular flexibility index (Phi) is 6.22. The molecule has 0 atom stereocenters. The van der Waals surface area contributed by atoms with E-state index in [0.717, 1.165) is 16.9 Å². The quantitative estimate of drug-likeness (QED) is 0.691. The second-order valence-electron chi connectivity index (χ2n) is 5.22. The monoisotopic (exact) mass is 345 g/mol. The maximum absolute atomic E-state index is 6.05. The van der Waals surface area contributed by atoms with Gasteiger partial charge in [-0.2, -0.15) is 0 Å². The molecule has 0 aliphatic carbocycles. The fourth-order valence-electron chi connectivity index (χ4n) is 2.34. The highest BCUT2D eigenvalue weighted by molar-refractivity contribution is 7.15. The maximum Gasteiger partial charge on any atom is 0.128 e. The van der Waals surface area contributed by atoms with Gasteiger partial charge in [0, 0.05) is 21.9 Å². The SMILES string of the molecule is Cc1ccc(-c2cc(CN)ccc2OCc2ccccc2)s1.Cl. The van der Waals surface area contributed by atoms with E-state index in [-0.39, 0.29) is 12.4 Å². The molecule has 3 rings (SSSR count). The molecule has 0 bridgehead atoms.